The van der Waals surface area contributed by atoms with Crippen molar-refractivity contribution in [3.05, 3.63) is 0 Å². The van der Waals surface area contributed by atoms with Crippen molar-refractivity contribution >= 4 is 5.97 Å². The lowest BCUT2D eigenvalue weighted by Gasteiger charge is -2.32. The van der Waals surface area contributed by atoms with Gasteiger partial charge in [0.05, 0.1) is 38.2 Å². The van der Waals surface area contributed by atoms with E-state index in [1.165, 1.54) is 7.11 Å². The number of nitriles is 1. The van der Waals surface area contributed by atoms with Crippen LogP contribution in [0, 0.1) is 17.2 Å². The van der Waals surface area contributed by atoms with Crippen molar-refractivity contribution in [2.24, 2.45) is 5.92 Å². The molecule has 0 saturated carbocycles. The topological polar surface area (TPSA) is 62.6 Å². The van der Waals surface area contributed by atoms with Gasteiger partial charge >= 0.3 is 5.97 Å². The Labute approximate surface area is 95.9 Å². The lowest BCUT2D eigenvalue weighted by atomic mass is 10.1. The smallest absolute Gasteiger partial charge is 0.308 e. The van der Waals surface area contributed by atoms with Crippen molar-refractivity contribution in [2.75, 3.05) is 33.4 Å². The molecule has 2 unspecified atom stereocenters. The van der Waals surface area contributed by atoms with Crippen LogP contribution in [0.15, 0.2) is 0 Å². The molecule has 1 saturated heterocycles. The monoisotopic (exact) mass is 226 g/mol. The molecule has 0 amide bonds. The molecule has 0 spiro atoms. The van der Waals surface area contributed by atoms with Crippen LogP contribution in [-0.2, 0) is 14.3 Å². The van der Waals surface area contributed by atoms with E-state index in [0.717, 1.165) is 13.1 Å². The fraction of sp³-hybridized carbons (Fsp3) is 0.818. The van der Waals surface area contributed by atoms with E-state index in [9.17, 15) is 4.79 Å². The largest absolute Gasteiger partial charge is 0.469 e. The molecule has 1 aliphatic heterocycles. The highest BCUT2D eigenvalue weighted by Gasteiger charge is 2.23. The number of carbonyl (C=O) groups excluding carboxylic acids is 1. The van der Waals surface area contributed by atoms with Crippen molar-refractivity contribution in [2.45, 2.75) is 19.4 Å². The Hall–Kier alpha value is -1.12. The molecule has 5 heteroatoms. The van der Waals surface area contributed by atoms with Gasteiger partial charge in [-0.05, 0) is 6.92 Å². The number of hydrogen-bond acceptors (Lipinski definition) is 5. The molecule has 0 aromatic rings. The summed E-state index contributed by atoms with van der Waals surface area (Å²) in [5.41, 5.74) is 0. The molecular formula is C11H18N2O3. The fourth-order valence-electron chi connectivity index (χ4n) is 1.77. The zero-order valence-corrected chi connectivity index (χ0v) is 9.81. The molecule has 0 radical (unpaired) electrons. The van der Waals surface area contributed by atoms with Crippen LogP contribution in [0.4, 0.5) is 0 Å². The zero-order valence-electron chi connectivity index (χ0n) is 9.81. The number of hydrogen-bond donors (Lipinski definition) is 0. The number of carbonyl (C=O) groups is 1. The van der Waals surface area contributed by atoms with E-state index in [1.54, 1.807) is 0 Å². The van der Waals surface area contributed by atoms with Crippen LogP contribution in [0.25, 0.3) is 0 Å². The van der Waals surface area contributed by atoms with Gasteiger partial charge in [0.1, 0.15) is 0 Å². The first-order valence-corrected chi connectivity index (χ1v) is 5.46. The minimum absolute atomic E-state index is 0.0110. The van der Waals surface area contributed by atoms with Gasteiger partial charge in [0.25, 0.3) is 0 Å². The molecule has 16 heavy (non-hydrogen) atoms. The lowest BCUT2D eigenvalue weighted by molar-refractivity contribution is -0.145. The molecule has 1 heterocycles. The number of ether oxygens (including phenoxy) is 2. The maximum Gasteiger partial charge on any atom is 0.308 e. The standard InChI is InChI=1S/C11H18N2O3/c1-9(6-12)7-13-3-4-16-10(8-13)5-11(14)15-2/h9-10H,3-5,7-8H2,1-2H3. The van der Waals surface area contributed by atoms with Crippen molar-refractivity contribution in [3.8, 4) is 6.07 Å². The molecule has 0 aromatic carbocycles. The zero-order chi connectivity index (χ0) is 12.0. The van der Waals surface area contributed by atoms with E-state index in [2.05, 4.69) is 15.7 Å². The first-order valence-electron chi connectivity index (χ1n) is 5.46. The normalized spacial score (nSPS) is 23.4. The van der Waals surface area contributed by atoms with E-state index in [0.29, 0.717) is 13.2 Å². The van der Waals surface area contributed by atoms with E-state index >= 15 is 0 Å². The van der Waals surface area contributed by atoms with Crippen LogP contribution < -0.4 is 0 Å². The number of esters is 1. The number of morpholine rings is 1. The summed E-state index contributed by atoms with van der Waals surface area (Å²) in [4.78, 5) is 13.2. The Morgan fingerprint density at radius 1 is 1.75 bits per heavy atom. The summed E-state index contributed by atoms with van der Waals surface area (Å²) in [6.45, 7) is 4.76. The SMILES string of the molecule is COC(=O)CC1CN(CC(C)C#N)CCO1. The highest BCUT2D eigenvalue weighted by atomic mass is 16.5. The Balaban J connectivity index is 2.35. The van der Waals surface area contributed by atoms with Crippen LogP contribution >= 0.6 is 0 Å². The summed E-state index contributed by atoms with van der Waals surface area (Å²) in [5, 5.41) is 8.73. The van der Waals surface area contributed by atoms with Gasteiger partial charge in [-0.2, -0.15) is 5.26 Å². The fourth-order valence-corrected chi connectivity index (χ4v) is 1.77. The Morgan fingerprint density at radius 2 is 2.50 bits per heavy atom. The lowest BCUT2D eigenvalue weighted by Crippen LogP contribution is -2.44. The van der Waals surface area contributed by atoms with Gasteiger partial charge in [0.15, 0.2) is 0 Å². The van der Waals surface area contributed by atoms with Crippen LogP contribution in [0.2, 0.25) is 0 Å². The van der Waals surface area contributed by atoms with E-state index in [1.807, 2.05) is 6.92 Å². The molecule has 5 nitrogen and oxygen atoms in total. The van der Waals surface area contributed by atoms with Crippen LogP contribution in [0.3, 0.4) is 0 Å². The molecule has 2 atom stereocenters. The van der Waals surface area contributed by atoms with Gasteiger partial charge in [0.2, 0.25) is 0 Å². The van der Waals surface area contributed by atoms with Gasteiger partial charge in [-0.15, -0.1) is 0 Å². The molecule has 90 valence electrons. The van der Waals surface area contributed by atoms with Crippen molar-refractivity contribution < 1.29 is 14.3 Å². The Bertz CT molecular complexity index is 275. The van der Waals surface area contributed by atoms with Crippen LogP contribution in [-0.4, -0.2) is 50.3 Å². The summed E-state index contributed by atoms with van der Waals surface area (Å²) in [6.07, 6.45) is 0.181. The predicted octanol–water partition coefficient (Wildman–Crippen LogP) is 0.410. The minimum atomic E-state index is -0.250. The first-order chi connectivity index (χ1) is 7.65. The molecule has 0 aliphatic carbocycles. The van der Waals surface area contributed by atoms with Gasteiger partial charge in [-0.25, -0.2) is 0 Å². The van der Waals surface area contributed by atoms with E-state index in [4.69, 9.17) is 10.00 Å². The second-order valence-corrected chi connectivity index (χ2v) is 4.06. The summed E-state index contributed by atoms with van der Waals surface area (Å²) in [7, 11) is 1.38. The average molecular weight is 226 g/mol. The minimum Gasteiger partial charge on any atom is -0.469 e. The second kappa shape index (κ2) is 6.46. The van der Waals surface area contributed by atoms with Crippen molar-refractivity contribution in [1.29, 1.82) is 5.26 Å². The highest BCUT2D eigenvalue weighted by molar-refractivity contribution is 5.69. The number of nitrogens with zero attached hydrogens (tertiary/aromatic N) is 2. The maximum atomic E-state index is 11.1. The number of rotatable bonds is 4. The Morgan fingerprint density at radius 3 is 3.12 bits per heavy atom. The average Bonchev–Trinajstić information content (AvgIpc) is 2.29. The van der Waals surface area contributed by atoms with Crippen LogP contribution in [0.5, 0.6) is 0 Å². The third kappa shape index (κ3) is 4.17. The highest BCUT2D eigenvalue weighted by Crippen LogP contribution is 2.11. The molecule has 0 bridgehead atoms. The number of methoxy groups -OCH3 is 1. The summed E-state index contributed by atoms with van der Waals surface area (Å²) in [6, 6.07) is 2.20. The quantitative estimate of drug-likeness (QED) is 0.650. The summed E-state index contributed by atoms with van der Waals surface area (Å²) >= 11 is 0. The van der Waals surface area contributed by atoms with Gasteiger partial charge in [-0.1, -0.05) is 0 Å². The maximum absolute atomic E-state index is 11.1. The Kier molecular flexibility index (Phi) is 5.23. The third-order valence-electron chi connectivity index (χ3n) is 2.60. The van der Waals surface area contributed by atoms with Crippen molar-refractivity contribution in [1.82, 2.24) is 4.90 Å². The molecule has 0 aromatic heterocycles. The van der Waals surface area contributed by atoms with Gasteiger partial charge in [-0.3, -0.25) is 9.69 Å². The molecule has 1 fully saturated rings. The van der Waals surface area contributed by atoms with E-state index < -0.39 is 0 Å². The molecule has 0 N–H and O–H groups in total. The first kappa shape index (κ1) is 12.9. The summed E-state index contributed by atoms with van der Waals surface area (Å²) in [5.74, 6) is -0.239. The molecule has 1 rings (SSSR count). The van der Waals surface area contributed by atoms with Gasteiger partial charge < -0.3 is 9.47 Å². The second-order valence-electron chi connectivity index (χ2n) is 4.06. The van der Waals surface area contributed by atoms with E-state index in [-0.39, 0.29) is 24.4 Å². The molecule has 1 aliphatic rings. The predicted molar refractivity (Wildman–Crippen MR) is 57.6 cm³/mol. The third-order valence-corrected chi connectivity index (χ3v) is 2.60. The van der Waals surface area contributed by atoms with Crippen LogP contribution in [0.1, 0.15) is 13.3 Å². The van der Waals surface area contributed by atoms with Crippen molar-refractivity contribution in [3.63, 3.8) is 0 Å². The summed E-state index contributed by atoms with van der Waals surface area (Å²) < 4.78 is 10.1. The van der Waals surface area contributed by atoms with Gasteiger partial charge in [0, 0.05) is 19.6 Å². The molecular weight excluding hydrogens is 208 g/mol.